The van der Waals surface area contributed by atoms with E-state index in [1.54, 1.807) is 0 Å². The number of carbonyl (C=O) groups is 13. The van der Waals surface area contributed by atoms with Gasteiger partial charge in [-0.1, -0.05) is 120 Å². The number of aliphatic hydroxyl groups is 2. The van der Waals surface area contributed by atoms with Crippen molar-refractivity contribution in [1.29, 1.82) is 0 Å². The predicted molar refractivity (Wildman–Crippen MR) is 552 cm³/mol. The Morgan fingerprint density at radius 1 is 0.313 bits per heavy atom. The Morgan fingerprint density at radius 3 is 1.02 bits per heavy atom. The summed E-state index contributed by atoms with van der Waals surface area (Å²) in [4.78, 5) is 164. The number of aliphatic carboxylic acids is 3. The van der Waals surface area contributed by atoms with E-state index in [1.807, 2.05) is 30.4 Å². The van der Waals surface area contributed by atoms with Crippen LogP contribution >= 0.6 is 0 Å². The Morgan fingerprint density at radius 2 is 0.619 bits per heavy atom. The molecule has 24 aliphatic rings. The maximum atomic E-state index is 12.6. The molecule has 23 heteroatoms. The third-order valence-corrected chi connectivity index (χ3v) is 48.6. The third kappa shape index (κ3) is 19.1. The second-order valence-electron chi connectivity index (χ2n) is 54.2. The Bertz CT molecular complexity index is 5530. The molecular formula is C124H171N2NaO20. The number of fused-ring (bicyclic) bond motifs is 30. The van der Waals surface area contributed by atoms with E-state index in [1.165, 1.54) is 52.7 Å². The normalized spacial score (nSPS) is 45.3. The van der Waals surface area contributed by atoms with E-state index in [-0.39, 0.29) is 138 Å². The average molecular weight is 2030 g/mol. The van der Waals surface area contributed by atoms with Crippen LogP contribution in [0.25, 0.3) is 0 Å². The molecule has 24 aliphatic carbocycles. The van der Waals surface area contributed by atoms with Crippen LogP contribution in [0.1, 0.15) is 397 Å². The van der Waals surface area contributed by atoms with Gasteiger partial charge in [0.25, 0.3) is 0 Å². The Balaban J connectivity index is 0.000000116. The summed E-state index contributed by atoms with van der Waals surface area (Å²) < 4.78 is 0. The van der Waals surface area contributed by atoms with Crippen molar-refractivity contribution in [3.63, 3.8) is 0 Å². The summed E-state index contributed by atoms with van der Waals surface area (Å²) in [5.41, 5.74) is 10.2. The van der Waals surface area contributed by atoms with Gasteiger partial charge in [-0.15, -0.1) is 0 Å². The standard InChI is InChI=1S/C22H30O4.C22H32O3.2C21H29NO4.C19H26O3.C19H26O2.Na/c1-21-9-7-15(23)12-14(21)11-13(3-6-19(25)26)20-16-4-5-18(24)22(16,2)10-8-17(20)21;1-21-9-7-16(24)13-15(21)12-14(4-3-11-23)20-17-5-6-19(25)22(17,2)10-8-18(20)21;1-20-9-7-14(23)11-13(20)3-4-15-16-5-6-18(22-26-12-19(24)25)21(16,2)10-8-17(15)20;1-20-9-7-14(22-26-12-19(24)25)11-13(20)3-4-15-16-5-6-18(23)21(16,2)10-8-17(15)20;1-18-8-7-16-14(15(18)4-5-17(18)22)3-2-12-10-13(21)6-9-19(12,16)11-20;1-18-9-7-13(20)11-12(18)3-4-14-15-5-6-17(21)19(15,2)10-8-16(14)18;/h12-13,16-17,20H,3-11H2,1-2H3,(H,25,26);13-14,17-18,20,23H,3-12H2,1-2H3;2*11,15-17H,3-10,12H2,1-2H3,(H,24,25);10,14-16,20H,2-9,11H2,1H3;11,14-16H,3-10H2,1-2H3;/q;;;;;;+1/p-1/t13?,16?,17?,20?,21-,22-;14?,17?,18?,20?,21-,22-;2*15?,16?,17?,20-,21-;14?,15?,16?,18-,19+;14?,15?,16?,18-,19-;/m000000./s1. The summed E-state index contributed by atoms with van der Waals surface area (Å²) in [6, 6.07) is 0. The van der Waals surface area contributed by atoms with Gasteiger partial charge in [0.05, 0.1) is 24.0 Å². The van der Waals surface area contributed by atoms with Crippen LogP contribution in [0.4, 0.5) is 0 Å². The van der Waals surface area contributed by atoms with Gasteiger partial charge in [-0.25, -0.2) is 4.79 Å². The van der Waals surface area contributed by atoms with Gasteiger partial charge in [0.1, 0.15) is 28.9 Å². The molecule has 0 bridgehead atoms. The number of rotatable bonds is 13. The van der Waals surface area contributed by atoms with Crippen molar-refractivity contribution in [2.24, 2.45) is 194 Å². The summed E-state index contributed by atoms with van der Waals surface area (Å²) in [6.07, 6.45) is 58.9. The van der Waals surface area contributed by atoms with Crippen LogP contribution in [0.2, 0.25) is 0 Å². The van der Waals surface area contributed by atoms with Crippen molar-refractivity contribution in [2.45, 2.75) is 397 Å². The summed E-state index contributed by atoms with van der Waals surface area (Å²) in [6.45, 7) is 24.8. The minimum Gasteiger partial charge on any atom is -0.546 e. The van der Waals surface area contributed by atoms with Gasteiger partial charge in [0.15, 0.2) is 35.5 Å². The van der Waals surface area contributed by atoms with Crippen LogP contribution < -0.4 is 34.7 Å². The van der Waals surface area contributed by atoms with Gasteiger partial charge in [-0.05, 0) is 432 Å². The summed E-state index contributed by atoms with van der Waals surface area (Å²) in [7, 11) is 0. The van der Waals surface area contributed by atoms with Crippen molar-refractivity contribution in [3.8, 4) is 0 Å². The first-order valence-electron chi connectivity index (χ1n) is 58.1. The number of carboxylic acid groups (broad SMARTS) is 3. The van der Waals surface area contributed by atoms with Gasteiger partial charge in [-0.3, -0.25) is 52.7 Å². The zero-order valence-electron chi connectivity index (χ0n) is 90.9. The summed E-state index contributed by atoms with van der Waals surface area (Å²) in [5, 5.41) is 56.3. The number of allylic oxidation sites excluding steroid dienone is 6. The molecule has 147 heavy (non-hydrogen) atoms. The van der Waals surface area contributed by atoms with Crippen molar-refractivity contribution < 1.29 is 127 Å². The van der Waals surface area contributed by atoms with E-state index in [9.17, 15) is 82.8 Å². The molecule has 32 atom stereocenters. The molecule has 0 aromatic carbocycles. The molecule has 0 spiro atoms. The van der Waals surface area contributed by atoms with Crippen LogP contribution in [0.3, 0.4) is 0 Å². The van der Waals surface area contributed by atoms with Gasteiger partial charge in [0, 0.05) is 115 Å². The fourth-order valence-electron chi connectivity index (χ4n) is 40.2. The molecule has 4 N–H and O–H groups in total. The van der Waals surface area contributed by atoms with Crippen molar-refractivity contribution in [2.75, 3.05) is 26.4 Å². The number of carbonyl (C=O) groups excluding carboxylic acids is 11. The molecule has 0 aliphatic heterocycles. The van der Waals surface area contributed by atoms with Gasteiger partial charge < -0.3 is 40.0 Å². The monoisotopic (exact) mass is 2030 g/mol. The minimum absolute atomic E-state index is 0. The molecule has 0 radical (unpaired) electrons. The van der Waals surface area contributed by atoms with Gasteiger partial charge in [0.2, 0.25) is 6.61 Å². The fraction of sp³-hybridized carbons (Fsp3) is 0.782. The van der Waals surface area contributed by atoms with Gasteiger partial charge >= 0.3 is 41.5 Å². The molecule has 18 saturated carbocycles. The zero-order valence-corrected chi connectivity index (χ0v) is 92.9. The topological polar surface area (TPSA) is 369 Å². The third-order valence-electron chi connectivity index (χ3n) is 48.6. The van der Waals surface area contributed by atoms with E-state index in [0.717, 1.165) is 268 Å². The van der Waals surface area contributed by atoms with Crippen LogP contribution in [-0.4, -0.2) is 134 Å². The van der Waals surface area contributed by atoms with E-state index in [2.05, 4.69) is 92.5 Å². The molecule has 18 fully saturated rings. The molecule has 0 amide bonds. The largest absolute Gasteiger partial charge is 1.00 e. The molecule has 0 aromatic heterocycles. The molecule has 24 rings (SSSR count). The number of nitrogens with zero attached hydrogens (tertiary/aromatic N) is 2. The minimum atomic E-state index is -1.25. The van der Waals surface area contributed by atoms with Gasteiger partial charge in [-0.2, -0.15) is 0 Å². The first-order valence-corrected chi connectivity index (χ1v) is 58.1. The van der Waals surface area contributed by atoms with Crippen LogP contribution in [0.15, 0.2) is 80.2 Å². The second-order valence-corrected chi connectivity index (χ2v) is 54.2. The van der Waals surface area contributed by atoms with E-state index < -0.39 is 24.5 Å². The number of aliphatic hydroxyl groups excluding tert-OH is 2. The molecule has 22 nitrogen and oxygen atoms in total. The average Bonchev–Trinajstić information content (AvgIpc) is 0.880. The molecular weight excluding hydrogens is 1860 g/mol. The summed E-state index contributed by atoms with van der Waals surface area (Å²) in [5.74, 6) is 12.0. The predicted octanol–water partition coefficient (Wildman–Crippen LogP) is 19.0. The smallest absolute Gasteiger partial charge is 0.546 e. The Labute approximate surface area is 895 Å². The first kappa shape index (κ1) is 110. The number of ketones is 10. The first-order chi connectivity index (χ1) is 69.3. The maximum absolute atomic E-state index is 12.6. The number of oxime groups is 2. The number of hydrogen-bond donors (Lipinski definition) is 4. The number of carboxylic acids is 3. The quantitative estimate of drug-likeness (QED) is 0.0983. The van der Waals surface area contributed by atoms with E-state index in [0.29, 0.717) is 197 Å². The number of Topliss-reactive ketones (excluding diaryl/α,β-unsaturated/α-hetero) is 5. The fourth-order valence-corrected chi connectivity index (χ4v) is 40.2. The number of hydrogen-bond acceptors (Lipinski definition) is 20. The molecule has 0 aromatic rings. The molecule has 0 saturated heterocycles. The SMILES string of the molecule is C[C@]12CCC(=NOCC(=O)[O-])C=C1CCC1C2CC[C@]2(C)C(=O)CCC12.C[C@]12CCC(=O)C=C1CC(CCC(=O)O)C1C2CC[C@]2(C)C(=O)CCC12.C[C@]12CCC(=O)C=C1CC(CCCO)C1C2CC[C@]2(C)C(=O)CCC12.C[C@]12CCC(=O)C=C1CCC1C2CC[C@]2(C)C(=NOCC(=O)O)CCC12.C[C@]12CCC(=O)C=C1CCC1C2CC[C@]2(C)C(=O)CCC12.C[C@]12CCC3C(CCC4=CC(=O)CC[C@@]43CO)C1CCC2=O.[Na+]. The molecule has 20 unspecified atom stereocenters. The maximum Gasteiger partial charge on any atom is 1.00 e. The van der Waals surface area contributed by atoms with Crippen molar-refractivity contribution in [3.05, 3.63) is 69.9 Å². The van der Waals surface area contributed by atoms with E-state index >= 15 is 0 Å². The Kier molecular flexibility index (Phi) is 31.4. The van der Waals surface area contributed by atoms with Crippen molar-refractivity contribution >= 4 is 87.2 Å². The second kappa shape index (κ2) is 41.9. The molecule has 0 heterocycles. The van der Waals surface area contributed by atoms with E-state index in [4.69, 9.17) is 14.8 Å². The van der Waals surface area contributed by atoms with Crippen LogP contribution in [0.5, 0.6) is 0 Å². The Hall–Kier alpha value is -6.59. The van der Waals surface area contributed by atoms with Crippen molar-refractivity contribution in [1.82, 2.24) is 0 Å². The summed E-state index contributed by atoms with van der Waals surface area (Å²) >= 11 is 0. The van der Waals surface area contributed by atoms with Crippen LogP contribution in [0, 0.1) is 183 Å². The molecule has 798 valence electrons. The van der Waals surface area contributed by atoms with Crippen LogP contribution in [-0.2, 0) is 72.0 Å². The zero-order chi connectivity index (χ0) is 104.